The Labute approximate surface area is 279 Å². The van der Waals surface area contributed by atoms with E-state index in [0.717, 1.165) is 16.6 Å². The molecule has 0 fully saturated rings. The summed E-state index contributed by atoms with van der Waals surface area (Å²) < 4.78 is 12.1. The summed E-state index contributed by atoms with van der Waals surface area (Å²) in [7, 11) is 0. The summed E-state index contributed by atoms with van der Waals surface area (Å²) >= 11 is 0. The maximum atomic E-state index is 6.89. The summed E-state index contributed by atoms with van der Waals surface area (Å²) in [5, 5.41) is 7.61. The second-order valence-electron chi connectivity index (χ2n) is 16.2. The highest BCUT2D eigenvalue weighted by Crippen LogP contribution is 2.47. The highest BCUT2D eigenvalue weighted by atomic mass is 16.3. The Bertz CT molecular complexity index is 2920. The van der Waals surface area contributed by atoms with Gasteiger partial charge in [0, 0.05) is 60.2 Å². The lowest BCUT2D eigenvalue weighted by atomic mass is 9.45. The van der Waals surface area contributed by atoms with E-state index in [1.165, 1.54) is 87.9 Å². The molecule has 0 amide bonds. The van der Waals surface area contributed by atoms with Crippen molar-refractivity contribution >= 4 is 83.3 Å². The highest BCUT2D eigenvalue weighted by Gasteiger charge is 2.43. The normalized spacial score (nSPS) is 14.0. The van der Waals surface area contributed by atoms with Gasteiger partial charge in [-0.05, 0) is 69.3 Å². The molecule has 0 aliphatic carbocycles. The first-order valence-electron chi connectivity index (χ1n) is 17.2. The van der Waals surface area contributed by atoms with Crippen LogP contribution in [-0.4, -0.2) is 15.9 Å². The number of rotatable bonds is 0. The largest absolute Gasteiger partial charge is 0.455 e. The van der Waals surface area contributed by atoms with E-state index >= 15 is 0 Å². The summed E-state index contributed by atoms with van der Waals surface area (Å²) in [5.74, 6) is 0. The van der Waals surface area contributed by atoms with Crippen LogP contribution in [0.4, 0.5) is 0 Å². The van der Waals surface area contributed by atoms with E-state index in [0.29, 0.717) is 0 Å². The van der Waals surface area contributed by atoms with Crippen molar-refractivity contribution < 1.29 is 4.42 Å². The van der Waals surface area contributed by atoms with Gasteiger partial charge >= 0.3 is 6.85 Å². The van der Waals surface area contributed by atoms with Crippen LogP contribution in [0.3, 0.4) is 0 Å². The molecule has 0 saturated heterocycles. The van der Waals surface area contributed by atoms with Crippen molar-refractivity contribution in [3.63, 3.8) is 0 Å². The molecule has 0 unspecified atom stereocenters. The first-order valence-corrected chi connectivity index (χ1v) is 17.2. The molecule has 0 radical (unpaired) electrons. The van der Waals surface area contributed by atoms with Gasteiger partial charge in [0.2, 0.25) is 0 Å². The van der Waals surface area contributed by atoms with Crippen molar-refractivity contribution in [3.8, 4) is 16.8 Å². The van der Waals surface area contributed by atoms with E-state index < -0.39 is 0 Å². The Balaban J connectivity index is 1.44. The van der Waals surface area contributed by atoms with Crippen LogP contribution in [0.15, 0.2) is 108 Å². The average molecular weight is 619 g/mol. The second-order valence-corrected chi connectivity index (χ2v) is 16.2. The molecule has 9 aromatic rings. The number of para-hydroxylation sites is 3. The fraction of sp³-hybridized carbons (Fsp3) is 0.182. The minimum Gasteiger partial charge on any atom is -0.455 e. The number of benzene rings is 6. The molecule has 2 aliphatic rings. The van der Waals surface area contributed by atoms with Crippen LogP contribution >= 0.6 is 0 Å². The summed E-state index contributed by atoms with van der Waals surface area (Å²) in [6.45, 7) is 14.0. The first-order chi connectivity index (χ1) is 23.1. The van der Waals surface area contributed by atoms with E-state index in [-0.39, 0.29) is 17.7 Å². The molecule has 5 heterocycles. The van der Waals surface area contributed by atoms with Crippen molar-refractivity contribution in [2.75, 3.05) is 0 Å². The molecule has 0 N–H and O–H groups in total. The SMILES string of the molecule is CC(C)(C)c1ccc2c(c1)c1cc(C(C)(C)C)cc3c1n2-c1cc2c(oc4ccccc42)c2c1B3n1c3ccccc3c3cccc-2c31. The number of aromatic nitrogens is 2. The Hall–Kier alpha value is -5.22. The maximum absolute atomic E-state index is 6.89. The van der Waals surface area contributed by atoms with Gasteiger partial charge in [-0.3, -0.25) is 0 Å². The van der Waals surface area contributed by atoms with E-state index in [1.54, 1.807) is 0 Å². The summed E-state index contributed by atoms with van der Waals surface area (Å²) in [4.78, 5) is 0. The topological polar surface area (TPSA) is 23.0 Å². The smallest absolute Gasteiger partial charge is 0.333 e. The molecule has 4 heteroatoms. The van der Waals surface area contributed by atoms with E-state index in [1.807, 2.05) is 0 Å². The number of furan rings is 1. The van der Waals surface area contributed by atoms with Gasteiger partial charge in [-0.1, -0.05) is 108 Å². The Morgan fingerprint density at radius 3 is 2.10 bits per heavy atom. The summed E-state index contributed by atoms with van der Waals surface area (Å²) in [6, 6.07) is 39.0. The van der Waals surface area contributed by atoms with Gasteiger partial charge in [-0.2, -0.15) is 0 Å². The monoisotopic (exact) mass is 618 g/mol. The Kier molecular flexibility index (Phi) is 4.71. The Morgan fingerprint density at radius 1 is 0.562 bits per heavy atom. The van der Waals surface area contributed by atoms with Crippen LogP contribution in [0.2, 0.25) is 0 Å². The lowest BCUT2D eigenvalue weighted by Gasteiger charge is -2.35. The minimum atomic E-state index is -0.0206. The molecule has 3 aromatic heterocycles. The number of hydrogen-bond acceptors (Lipinski definition) is 1. The van der Waals surface area contributed by atoms with Crippen LogP contribution < -0.4 is 10.9 Å². The van der Waals surface area contributed by atoms with Crippen molar-refractivity contribution in [1.29, 1.82) is 0 Å². The fourth-order valence-corrected chi connectivity index (χ4v) is 9.07. The molecule has 11 rings (SSSR count). The molecule has 230 valence electrons. The predicted molar refractivity (Wildman–Crippen MR) is 204 cm³/mol. The van der Waals surface area contributed by atoms with Crippen molar-refractivity contribution in [2.24, 2.45) is 0 Å². The minimum absolute atomic E-state index is 0.00592. The molecule has 2 aliphatic heterocycles. The third kappa shape index (κ3) is 3.12. The maximum Gasteiger partial charge on any atom is 0.333 e. The number of hydrogen-bond donors (Lipinski definition) is 0. The Morgan fingerprint density at radius 2 is 1.29 bits per heavy atom. The van der Waals surface area contributed by atoms with Crippen LogP contribution in [0.1, 0.15) is 52.7 Å². The standard InChI is InChI=1S/C44H35BN2O/c1-43(2,3)24-18-19-34-30(20-24)31-21-25(44(4,5)6)22-33-41(31)46(34)36-23-32-27-13-8-10-17-37(27)48-42(32)38-29-15-11-14-28-26-12-7-9-16-35(26)47(40(28)29)45(33)39(36)38/h7-23H,1-6H3. The summed E-state index contributed by atoms with van der Waals surface area (Å²) in [5.41, 5.74) is 16.3. The third-order valence-electron chi connectivity index (χ3n) is 11.4. The van der Waals surface area contributed by atoms with E-state index in [9.17, 15) is 0 Å². The first kappa shape index (κ1) is 26.8. The van der Waals surface area contributed by atoms with Gasteiger partial charge in [0.1, 0.15) is 11.2 Å². The van der Waals surface area contributed by atoms with Gasteiger partial charge in [0.25, 0.3) is 0 Å². The van der Waals surface area contributed by atoms with Gasteiger partial charge < -0.3 is 13.5 Å². The van der Waals surface area contributed by atoms with Gasteiger partial charge in [0.05, 0.1) is 11.0 Å². The van der Waals surface area contributed by atoms with Gasteiger partial charge in [0.15, 0.2) is 0 Å². The molecule has 6 aromatic carbocycles. The third-order valence-corrected chi connectivity index (χ3v) is 11.4. The van der Waals surface area contributed by atoms with E-state index in [4.69, 9.17) is 4.42 Å². The van der Waals surface area contributed by atoms with E-state index in [2.05, 4.69) is 154 Å². The van der Waals surface area contributed by atoms with Crippen molar-refractivity contribution in [2.45, 2.75) is 52.4 Å². The zero-order chi connectivity index (χ0) is 32.4. The lowest BCUT2D eigenvalue weighted by Crippen LogP contribution is -2.55. The molecule has 3 nitrogen and oxygen atoms in total. The fourth-order valence-electron chi connectivity index (χ4n) is 9.07. The molecular formula is C44H35BN2O. The van der Waals surface area contributed by atoms with Crippen LogP contribution in [0, 0.1) is 0 Å². The quantitative estimate of drug-likeness (QED) is 0.155. The highest BCUT2D eigenvalue weighted by molar-refractivity contribution is 6.90. The molecule has 0 spiro atoms. The van der Waals surface area contributed by atoms with Gasteiger partial charge in [-0.15, -0.1) is 0 Å². The number of nitrogens with zero attached hydrogens (tertiary/aromatic N) is 2. The molecule has 0 bridgehead atoms. The van der Waals surface area contributed by atoms with Crippen LogP contribution in [0.25, 0.3) is 82.4 Å². The summed E-state index contributed by atoms with van der Waals surface area (Å²) in [6.07, 6.45) is 0. The van der Waals surface area contributed by atoms with Crippen molar-refractivity contribution in [3.05, 3.63) is 114 Å². The van der Waals surface area contributed by atoms with Gasteiger partial charge in [-0.25, -0.2) is 0 Å². The molecule has 48 heavy (non-hydrogen) atoms. The molecular weight excluding hydrogens is 583 g/mol. The molecule has 0 atom stereocenters. The molecule has 0 saturated carbocycles. The lowest BCUT2D eigenvalue weighted by molar-refractivity contribution is 0.590. The zero-order valence-electron chi connectivity index (χ0n) is 28.2. The predicted octanol–water partition coefficient (Wildman–Crippen LogP) is 10.3. The zero-order valence-corrected chi connectivity index (χ0v) is 28.2. The van der Waals surface area contributed by atoms with Crippen molar-refractivity contribution in [1.82, 2.24) is 9.05 Å². The second kappa shape index (κ2) is 8.43. The van der Waals surface area contributed by atoms with Crippen LogP contribution in [0.5, 0.6) is 0 Å². The van der Waals surface area contributed by atoms with Crippen LogP contribution in [-0.2, 0) is 10.8 Å². The number of fused-ring (bicyclic) bond motifs is 14. The average Bonchev–Trinajstić information content (AvgIpc) is 3.72.